The van der Waals surface area contributed by atoms with E-state index in [4.69, 9.17) is 19.0 Å². The minimum atomic E-state index is -0.461. The molecule has 6 rings (SSSR count). The molecule has 2 saturated carbocycles. The number of anilines is 1. The molecule has 1 saturated heterocycles. The molecule has 0 bridgehead atoms. The van der Waals surface area contributed by atoms with Crippen LogP contribution in [0.25, 0.3) is 11.3 Å². The molecule has 1 aliphatic heterocycles. The number of β-amino-alcohol motifs (C(OH)–C–C–N with tert-alkyl or cyclic N) is 1. The van der Waals surface area contributed by atoms with Crippen molar-refractivity contribution < 1.29 is 28.7 Å². The zero-order valence-corrected chi connectivity index (χ0v) is 28.1. The number of nitrogens with zero attached hydrogens (tertiary/aromatic N) is 4. The molecular formula is C37H48N4O6. The smallest absolute Gasteiger partial charge is 0.410 e. The number of benzene rings is 1. The summed E-state index contributed by atoms with van der Waals surface area (Å²) in [5.74, 6) is 3.38. The monoisotopic (exact) mass is 644 g/mol. The molecule has 0 unspecified atom stereocenters. The van der Waals surface area contributed by atoms with Crippen LogP contribution in [0.5, 0.6) is 5.75 Å². The zero-order chi connectivity index (χ0) is 33.1. The van der Waals surface area contributed by atoms with Crippen molar-refractivity contribution in [3.05, 3.63) is 59.5 Å². The number of hydrogen-bond donors (Lipinski definition) is 1. The van der Waals surface area contributed by atoms with Gasteiger partial charge in [0.05, 0.1) is 26.3 Å². The summed E-state index contributed by atoms with van der Waals surface area (Å²) in [5.41, 5.74) is 4.12. The van der Waals surface area contributed by atoms with E-state index in [2.05, 4.69) is 44.1 Å². The summed E-state index contributed by atoms with van der Waals surface area (Å²) in [6.45, 7) is 7.49. The molecule has 10 heteroatoms. The first kappa shape index (κ1) is 33.0. The first-order valence-electron chi connectivity index (χ1n) is 17.2. The summed E-state index contributed by atoms with van der Waals surface area (Å²) < 4.78 is 16.7. The van der Waals surface area contributed by atoms with Crippen molar-refractivity contribution in [3.8, 4) is 17.0 Å². The summed E-state index contributed by atoms with van der Waals surface area (Å²) in [4.78, 5) is 34.9. The maximum absolute atomic E-state index is 14.3. The molecule has 3 aromatic rings. The topological polar surface area (TPSA) is 118 Å². The van der Waals surface area contributed by atoms with Crippen molar-refractivity contribution in [2.45, 2.75) is 96.2 Å². The highest BCUT2D eigenvalue weighted by molar-refractivity contribution is 5.94. The average molecular weight is 645 g/mol. The van der Waals surface area contributed by atoms with Gasteiger partial charge in [0.2, 0.25) is 5.91 Å². The van der Waals surface area contributed by atoms with Gasteiger partial charge >= 0.3 is 6.09 Å². The third-order valence-electron chi connectivity index (χ3n) is 10.3. The van der Waals surface area contributed by atoms with E-state index in [-0.39, 0.29) is 29.9 Å². The van der Waals surface area contributed by atoms with E-state index >= 15 is 0 Å². The fourth-order valence-electron chi connectivity index (χ4n) is 7.28. The number of carbonyl (C=O) groups is 2. The van der Waals surface area contributed by atoms with E-state index in [0.717, 1.165) is 54.0 Å². The lowest BCUT2D eigenvalue weighted by atomic mass is 9.78. The fraction of sp³-hybridized carbons (Fsp3) is 0.568. The van der Waals surface area contributed by atoms with E-state index in [9.17, 15) is 14.7 Å². The molecule has 47 heavy (non-hydrogen) atoms. The number of ether oxygens (including phenoxy) is 2. The van der Waals surface area contributed by atoms with Gasteiger partial charge in [0.15, 0.2) is 0 Å². The van der Waals surface area contributed by atoms with Crippen LogP contribution in [0.2, 0.25) is 0 Å². The largest absolute Gasteiger partial charge is 0.496 e. The first-order chi connectivity index (χ1) is 22.7. The van der Waals surface area contributed by atoms with Crippen molar-refractivity contribution in [3.63, 3.8) is 0 Å². The van der Waals surface area contributed by atoms with Gasteiger partial charge in [-0.2, -0.15) is 0 Å². The Balaban J connectivity index is 1.15. The number of aliphatic hydroxyl groups excluding tert-OH is 1. The maximum Gasteiger partial charge on any atom is 0.410 e. The summed E-state index contributed by atoms with van der Waals surface area (Å²) in [6, 6.07) is 12.3. The number of hydrogen-bond acceptors (Lipinski definition) is 8. The SMILES string of the molecule is COc1ccc(C2CCC(CN(C(=O)C3CCC(OC(=O)N4CC(O)C4)CC3)c3cc(-c4cc(C(C)C)on4)ccn3)CC2)cc1C. The van der Waals surface area contributed by atoms with Crippen LogP contribution in [0.15, 0.2) is 47.1 Å². The van der Waals surface area contributed by atoms with Crippen LogP contribution in [0.4, 0.5) is 10.6 Å². The highest BCUT2D eigenvalue weighted by atomic mass is 16.6. The molecule has 3 heterocycles. The van der Waals surface area contributed by atoms with Crippen molar-refractivity contribution >= 4 is 17.8 Å². The maximum atomic E-state index is 14.3. The summed E-state index contributed by atoms with van der Waals surface area (Å²) >= 11 is 0. The number of aliphatic hydroxyl groups is 1. The van der Waals surface area contributed by atoms with Gasteiger partial charge in [0.25, 0.3) is 0 Å². The predicted octanol–water partition coefficient (Wildman–Crippen LogP) is 6.86. The standard InChI is InChI=1S/C37H48N4O6/c1-23(2)34-19-32(39-47-34)29-15-16-38-35(18-29)41(20-25-5-7-26(8-6-25)28-11-14-33(45-4)24(3)17-28)36(43)27-9-12-31(13-10-27)46-37(44)40-21-30(42)22-40/h11,14-19,23,25-27,30-31,42H,5-10,12-13,20-22H2,1-4H3. The second-order valence-electron chi connectivity index (χ2n) is 14.0. The highest BCUT2D eigenvalue weighted by Gasteiger charge is 2.36. The lowest BCUT2D eigenvalue weighted by Crippen LogP contribution is -2.54. The normalized spacial score (nSPS) is 23.3. The third-order valence-corrected chi connectivity index (χ3v) is 10.3. The minimum absolute atomic E-state index is 0.0845. The number of rotatable bonds is 9. The van der Waals surface area contributed by atoms with Gasteiger partial charge in [-0.25, -0.2) is 9.78 Å². The van der Waals surface area contributed by atoms with Gasteiger partial charge in [0, 0.05) is 36.2 Å². The molecule has 3 aliphatic rings. The van der Waals surface area contributed by atoms with Crippen molar-refractivity contribution in [1.82, 2.24) is 15.0 Å². The Morgan fingerprint density at radius 1 is 1.02 bits per heavy atom. The fourth-order valence-corrected chi connectivity index (χ4v) is 7.28. The summed E-state index contributed by atoms with van der Waals surface area (Å²) in [6.07, 6.45) is 7.52. The van der Waals surface area contributed by atoms with Crippen LogP contribution in [0.1, 0.15) is 93.9 Å². The molecule has 1 N–H and O–H groups in total. The molecule has 0 atom stereocenters. The van der Waals surface area contributed by atoms with Crippen molar-refractivity contribution in [1.29, 1.82) is 0 Å². The van der Waals surface area contributed by atoms with Gasteiger partial charge < -0.3 is 24.0 Å². The molecule has 2 aliphatic carbocycles. The quantitative estimate of drug-likeness (QED) is 0.269. The van der Waals surface area contributed by atoms with Crippen LogP contribution in [0, 0.1) is 18.8 Å². The van der Waals surface area contributed by atoms with E-state index in [1.807, 2.05) is 23.1 Å². The lowest BCUT2D eigenvalue weighted by Gasteiger charge is -2.38. The molecule has 2 aromatic heterocycles. The Bertz CT molecular complexity index is 1530. The number of aromatic nitrogens is 2. The predicted molar refractivity (Wildman–Crippen MR) is 178 cm³/mol. The van der Waals surface area contributed by atoms with Crippen LogP contribution in [0.3, 0.4) is 0 Å². The Hall–Kier alpha value is -3.92. The summed E-state index contributed by atoms with van der Waals surface area (Å²) in [7, 11) is 1.71. The van der Waals surface area contributed by atoms with Crippen LogP contribution in [-0.4, -0.2) is 71.1 Å². The van der Waals surface area contributed by atoms with E-state index in [1.165, 1.54) is 10.5 Å². The summed E-state index contributed by atoms with van der Waals surface area (Å²) in [5, 5.41) is 13.8. The van der Waals surface area contributed by atoms with Crippen molar-refractivity contribution in [2.24, 2.45) is 11.8 Å². The van der Waals surface area contributed by atoms with Gasteiger partial charge in [-0.05, 0) is 99.5 Å². The molecule has 0 radical (unpaired) electrons. The second-order valence-corrected chi connectivity index (χ2v) is 14.0. The second kappa shape index (κ2) is 14.5. The highest BCUT2D eigenvalue weighted by Crippen LogP contribution is 2.39. The number of aryl methyl sites for hydroxylation is 1. The van der Waals surface area contributed by atoms with Crippen molar-refractivity contribution in [2.75, 3.05) is 31.6 Å². The Kier molecular flexibility index (Phi) is 10.2. The molecule has 0 spiro atoms. The lowest BCUT2D eigenvalue weighted by molar-refractivity contribution is -0.124. The molecule has 252 valence electrons. The van der Waals surface area contributed by atoms with Gasteiger partial charge in [0.1, 0.15) is 29.1 Å². The molecular weight excluding hydrogens is 596 g/mol. The number of methoxy groups -OCH3 is 1. The Morgan fingerprint density at radius 3 is 2.40 bits per heavy atom. The molecule has 2 amide bonds. The van der Waals surface area contributed by atoms with E-state index in [1.54, 1.807) is 13.3 Å². The molecule has 10 nitrogen and oxygen atoms in total. The van der Waals surface area contributed by atoms with Gasteiger partial charge in [-0.3, -0.25) is 9.69 Å². The number of amides is 2. The Labute approximate surface area is 277 Å². The third kappa shape index (κ3) is 7.64. The average Bonchev–Trinajstić information content (AvgIpc) is 3.57. The zero-order valence-electron chi connectivity index (χ0n) is 28.1. The van der Waals surface area contributed by atoms with E-state index < -0.39 is 6.10 Å². The van der Waals surface area contributed by atoms with E-state index in [0.29, 0.717) is 63.0 Å². The van der Waals surface area contributed by atoms with Gasteiger partial charge in [-0.15, -0.1) is 0 Å². The number of carbonyl (C=O) groups excluding carboxylic acids is 2. The number of likely N-dealkylation sites (tertiary alicyclic amines) is 1. The van der Waals surface area contributed by atoms with Crippen LogP contribution >= 0.6 is 0 Å². The van der Waals surface area contributed by atoms with Crippen LogP contribution in [-0.2, 0) is 9.53 Å². The molecule has 3 fully saturated rings. The molecule has 1 aromatic carbocycles. The number of pyridine rings is 1. The van der Waals surface area contributed by atoms with Crippen LogP contribution < -0.4 is 9.64 Å². The minimum Gasteiger partial charge on any atom is -0.496 e. The van der Waals surface area contributed by atoms with Gasteiger partial charge in [-0.1, -0.05) is 31.1 Å². The Morgan fingerprint density at radius 2 is 1.77 bits per heavy atom. The first-order valence-corrected chi connectivity index (χ1v) is 17.2.